The fourth-order valence-corrected chi connectivity index (χ4v) is 4.44. The number of thioether (sulfide) groups is 1. The predicted molar refractivity (Wildman–Crippen MR) is 93.3 cm³/mol. The maximum atomic E-state index is 13.0. The highest BCUT2D eigenvalue weighted by Crippen LogP contribution is 2.37. The molecule has 0 radical (unpaired) electrons. The summed E-state index contributed by atoms with van der Waals surface area (Å²) in [5, 5.41) is 0. The van der Waals surface area contributed by atoms with Gasteiger partial charge in [-0.3, -0.25) is 9.59 Å². The Kier molecular flexibility index (Phi) is 4.95. The number of carbonyl (C=O) groups excluding carboxylic acids is 2. The molecule has 2 heterocycles. The van der Waals surface area contributed by atoms with Crippen LogP contribution < -0.4 is 0 Å². The molecule has 3 rings (SSSR count). The van der Waals surface area contributed by atoms with Gasteiger partial charge >= 0.3 is 0 Å². The first kappa shape index (κ1) is 16.4. The summed E-state index contributed by atoms with van der Waals surface area (Å²) in [6.45, 7) is 3.71. The van der Waals surface area contributed by atoms with E-state index in [0.717, 1.165) is 30.2 Å². The van der Waals surface area contributed by atoms with Crippen molar-refractivity contribution in [2.75, 3.05) is 31.6 Å². The van der Waals surface area contributed by atoms with Crippen molar-refractivity contribution in [1.82, 2.24) is 9.80 Å². The van der Waals surface area contributed by atoms with Crippen molar-refractivity contribution in [2.24, 2.45) is 5.92 Å². The molecule has 2 atom stereocenters. The van der Waals surface area contributed by atoms with Gasteiger partial charge in [-0.05, 0) is 18.9 Å². The SMILES string of the molecule is Cc1ccc([C@@H]2[C@H](C(=O)N3CCSCC3)CCC(=O)N2C)cc1. The van der Waals surface area contributed by atoms with Crippen LogP contribution in [0.3, 0.4) is 0 Å². The standard InChI is InChI=1S/C18H24N2O2S/c1-13-3-5-14(6-4-13)17-15(7-8-16(21)19(17)2)18(22)20-9-11-23-12-10-20/h3-6,15,17H,7-12H2,1-2H3/t15-,17-/m1/s1. The normalized spacial score (nSPS) is 25.6. The van der Waals surface area contributed by atoms with Crippen molar-refractivity contribution in [2.45, 2.75) is 25.8 Å². The number of hydrogen-bond acceptors (Lipinski definition) is 3. The van der Waals surface area contributed by atoms with Gasteiger partial charge in [0.25, 0.3) is 0 Å². The minimum absolute atomic E-state index is 0.122. The monoisotopic (exact) mass is 332 g/mol. The number of aryl methyl sites for hydroxylation is 1. The number of benzene rings is 1. The molecular formula is C18H24N2O2S. The van der Waals surface area contributed by atoms with E-state index in [0.29, 0.717) is 12.8 Å². The van der Waals surface area contributed by atoms with Crippen molar-refractivity contribution in [3.05, 3.63) is 35.4 Å². The Hall–Kier alpha value is -1.49. The molecule has 2 aliphatic heterocycles. The molecule has 0 saturated carbocycles. The van der Waals surface area contributed by atoms with E-state index in [1.165, 1.54) is 5.56 Å². The van der Waals surface area contributed by atoms with Gasteiger partial charge in [0.2, 0.25) is 11.8 Å². The second-order valence-corrected chi connectivity index (χ2v) is 7.67. The van der Waals surface area contributed by atoms with E-state index >= 15 is 0 Å². The van der Waals surface area contributed by atoms with Crippen LogP contribution in [0.25, 0.3) is 0 Å². The molecule has 0 unspecified atom stereocenters. The van der Waals surface area contributed by atoms with Crippen LogP contribution in [0.15, 0.2) is 24.3 Å². The molecule has 2 fully saturated rings. The van der Waals surface area contributed by atoms with E-state index in [2.05, 4.69) is 24.3 Å². The van der Waals surface area contributed by atoms with Gasteiger partial charge in [0.05, 0.1) is 12.0 Å². The molecule has 0 spiro atoms. The Bertz CT molecular complexity index is 581. The van der Waals surface area contributed by atoms with Crippen molar-refractivity contribution in [1.29, 1.82) is 0 Å². The number of hydrogen-bond donors (Lipinski definition) is 0. The molecule has 2 saturated heterocycles. The Balaban J connectivity index is 1.87. The fraction of sp³-hybridized carbons (Fsp3) is 0.556. The first-order valence-corrected chi connectivity index (χ1v) is 9.42. The van der Waals surface area contributed by atoms with Gasteiger partial charge in [0.15, 0.2) is 0 Å². The zero-order valence-electron chi connectivity index (χ0n) is 13.8. The minimum atomic E-state index is -0.140. The van der Waals surface area contributed by atoms with Crippen molar-refractivity contribution >= 4 is 23.6 Å². The number of nitrogens with zero attached hydrogens (tertiary/aromatic N) is 2. The highest BCUT2D eigenvalue weighted by atomic mass is 32.2. The van der Waals surface area contributed by atoms with Crippen molar-refractivity contribution in [3.63, 3.8) is 0 Å². The number of rotatable bonds is 2. The third-order valence-electron chi connectivity index (χ3n) is 4.92. The fourth-order valence-electron chi connectivity index (χ4n) is 3.53. The van der Waals surface area contributed by atoms with E-state index < -0.39 is 0 Å². The van der Waals surface area contributed by atoms with Gasteiger partial charge in [-0.1, -0.05) is 29.8 Å². The molecule has 0 aliphatic carbocycles. The Morgan fingerprint density at radius 3 is 2.48 bits per heavy atom. The maximum Gasteiger partial charge on any atom is 0.228 e. The summed E-state index contributed by atoms with van der Waals surface area (Å²) in [6.07, 6.45) is 1.13. The predicted octanol–water partition coefficient (Wildman–Crippen LogP) is 2.48. The lowest BCUT2D eigenvalue weighted by molar-refractivity contribution is -0.146. The molecule has 2 amide bonds. The average molecular weight is 332 g/mol. The minimum Gasteiger partial charge on any atom is -0.341 e. The first-order chi connectivity index (χ1) is 11.1. The quantitative estimate of drug-likeness (QED) is 0.835. The Morgan fingerprint density at radius 2 is 1.83 bits per heavy atom. The maximum absolute atomic E-state index is 13.0. The number of piperidine rings is 1. The van der Waals surface area contributed by atoms with Gasteiger partial charge in [0, 0.05) is 38.1 Å². The molecule has 0 aromatic heterocycles. The molecule has 2 aliphatic rings. The molecule has 124 valence electrons. The van der Waals surface area contributed by atoms with Crippen LogP contribution >= 0.6 is 11.8 Å². The molecular weight excluding hydrogens is 308 g/mol. The molecule has 1 aromatic carbocycles. The van der Waals surface area contributed by atoms with E-state index in [1.807, 2.05) is 30.6 Å². The zero-order chi connectivity index (χ0) is 16.4. The first-order valence-electron chi connectivity index (χ1n) is 8.26. The summed E-state index contributed by atoms with van der Waals surface area (Å²) >= 11 is 1.90. The van der Waals surface area contributed by atoms with E-state index in [9.17, 15) is 9.59 Å². The molecule has 1 aromatic rings. The summed E-state index contributed by atoms with van der Waals surface area (Å²) in [5.74, 6) is 2.26. The summed E-state index contributed by atoms with van der Waals surface area (Å²) in [5.41, 5.74) is 2.25. The summed E-state index contributed by atoms with van der Waals surface area (Å²) in [7, 11) is 1.83. The molecule has 0 N–H and O–H groups in total. The van der Waals surface area contributed by atoms with Crippen LogP contribution in [-0.2, 0) is 9.59 Å². The lowest BCUT2D eigenvalue weighted by Gasteiger charge is -2.41. The topological polar surface area (TPSA) is 40.6 Å². The number of carbonyl (C=O) groups is 2. The Morgan fingerprint density at radius 1 is 1.17 bits per heavy atom. The highest BCUT2D eigenvalue weighted by molar-refractivity contribution is 7.99. The molecule has 4 nitrogen and oxygen atoms in total. The van der Waals surface area contributed by atoms with Crippen LogP contribution in [-0.4, -0.2) is 53.3 Å². The van der Waals surface area contributed by atoms with E-state index in [4.69, 9.17) is 0 Å². The smallest absolute Gasteiger partial charge is 0.228 e. The van der Waals surface area contributed by atoms with Gasteiger partial charge in [-0.15, -0.1) is 0 Å². The van der Waals surface area contributed by atoms with Gasteiger partial charge in [0.1, 0.15) is 0 Å². The van der Waals surface area contributed by atoms with E-state index in [1.54, 1.807) is 4.90 Å². The van der Waals surface area contributed by atoms with E-state index in [-0.39, 0.29) is 23.8 Å². The second-order valence-electron chi connectivity index (χ2n) is 6.44. The van der Waals surface area contributed by atoms with Crippen LogP contribution in [0.5, 0.6) is 0 Å². The summed E-state index contributed by atoms with van der Waals surface area (Å²) in [4.78, 5) is 29.0. The van der Waals surface area contributed by atoms with Crippen LogP contribution in [0.1, 0.15) is 30.0 Å². The van der Waals surface area contributed by atoms with Crippen LogP contribution in [0.4, 0.5) is 0 Å². The van der Waals surface area contributed by atoms with Gasteiger partial charge in [-0.2, -0.15) is 11.8 Å². The lowest BCUT2D eigenvalue weighted by Crippen LogP contribution is -2.49. The highest BCUT2D eigenvalue weighted by Gasteiger charge is 2.40. The third kappa shape index (κ3) is 3.39. The molecule has 5 heteroatoms. The van der Waals surface area contributed by atoms with Crippen molar-refractivity contribution in [3.8, 4) is 0 Å². The second kappa shape index (κ2) is 6.95. The zero-order valence-corrected chi connectivity index (χ0v) is 14.6. The van der Waals surface area contributed by atoms with Gasteiger partial charge in [-0.25, -0.2) is 0 Å². The number of amides is 2. The number of likely N-dealkylation sites (tertiary alicyclic amines) is 1. The largest absolute Gasteiger partial charge is 0.341 e. The van der Waals surface area contributed by atoms with Crippen LogP contribution in [0, 0.1) is 12.8 Å². The third-order valence-corrected chi connectivity index (χ3v) is 5.86. The van der Waals surface area contributed by atoms with Gasteiger partial charge < -0.3 is 9.80 Å². The molecule has 0 bridgehead atoms. The van der Waals surface area contributed by atoms with Crippen molar-refractivity contribution < 1.29 is 9.59 Å². The average Bonchev–Trinajstić information content (AvgIpc) is 2.58. The summed E-state index contributed by atoms with van der Waals surface area (Å²) < 4.78 is 0. The lowest BCUT2D eigenvalue weighted by atomic mass is 9.83. The van der Waals surface area contributed by atoms with Crippen LogP contribution in [0.2, 0.25) is 0 Å². The molecule has 23 heavy (non-hydrogen) atoms. The summed E-state index contributed by atoms with van der Waals surface area (Å²) in [6, 6.07) is 8.09. The Labute approximate surface area is 142 Å².